The van der Waals surface area contributed by atoms with Crippen LogP contribution in [0.2, 0.25) is 0 Å². The number of rotatable bonds is 2. The van der Waals surface area contributed by atoms with Crippen molar-refractivity contribution in [1.82, 2.24) is 10.2 Å². The molecule has 122 valence electrons. The average molecular weight is 305 g/mol. The largest absolute Gasteiger partial charge is 0.341 e. The van der Waals surface area contributed by atoms with Crippen molar-refractivity contribution in [1.29, 1.82) is 5.26 Å². The molecule has 2 amide bonds. The van der Waals surface area contributed by atoms with Crippen LogP contribution in [0.15, 0.2) is 0 Å². The molecule has 1 aliphatic heterocycles. The van der Waals surface area contributed by atoms with Crippen molar-refractivity contribution in [3.05, 3.63) is 0 Å². The van der Waals surface area contributed by atoms with E-state index in [1.54, 1.807) is 4.90 Å². The molecule has 0 aromatic carbocycles. The van der Waals surface area contributed by atoms with Crippen LogP contribution < -0.4 is 5.32 Å². The van der Waals surface area contributed by atoms with Gasteiger partial charge in [0.1, 0.15) is 5.54 Å². The smallest absolute Gasteiger partial charge is 0.227 e. The molecule has 5 nitrogen and oxygen atoms in total. The van der Waals surface area contributed by atoms with E-state index in [0.29, 0.717) is 6.54 Å². The molecule has 1 N–H and O–H groups in total. The van der Waals surface area contributed by atoms with Crippen LogP contribution in [0.1, 0.15) is 59.3 Å². The van der Waals surface area contributed by atoms with E-state index in [-0.39, 0.29) is 17.7 Å². The molecule has 0 aromatic rings. The van der Waals surface area contributed by atoms with Crippen molar-refractivity contribution in [3.8, 4) is 6.07 Å². The second-order valence-corrected chi connectivity index (χ2v) is 7.73. The summed E-state index contributed by atoms with van der Waals surface area (Å²) in [6.07, 6.45) is 5.11. The molecule has 1 unspecified atom stereocenters. The van der Waals surface area contributed by atoms with Gasteiger partial charge in [0.15, 0.2) is 0 Å². The fourth-order valence-corrected chi connectivity index (χ4v) is 3.43. The lowest BCUT2D eigenvalue weighted by Gasteiger charge is -2.36. The Hall–Kier alpha value is -1.57. The number of nitrogens with one attached hydrogen (secondary N) is 1. The molecule has 0 spiro atoms. The summed E-state index contributed by atoms with van der Waals surface area (Å²) in [4.78, 5) is 26.7. The monoisotopic (exact) mass is 305 g/mol. The molecule has 0 radical (unpaired) electrons. The minimum atomic E-state index is -0.673. The summed E-state index contributed by atoms with van der Waals surface area (Å²) < 4.78 is 0. The lowest BCUT2D eigenvalue weighted by atomic mass is 9.90. The van der Waals surface area contributed by atoms with Crippen LogP contribution in [-0.2, 0) is 9.59 Å². The van der Waals surface area contributed by atoms with E-state index in [9.17, 15) is 14.9 Å². The van der Waals surface area contributed by atoms with Gasteiger partial charge in [0.25, 0.3) is 0 Å². The van der Waals surface area contributed by atoms with Crippen LogP contribution in [0.25, 0.3) is 0 Å². The Kier molecular flexibility index (Phi) is 4.79. The quantitative estimate of drug-likeness (QED) is 0.850. The van der Waals surface area contributed by atoms with Gasteiger partial charge in [-0.05, 0) is 38.5 Å². The van der Waals surface area contributed by atoms with E-state index < -0.39 is 11.0 Å². The molecule has 2 fully saturated rings. The van der Waals surface area contributed by atoms with Crippen LogP contribution >= 0.6 is 0 Å². The predicted molar refractivity (Wildman–Crippen MR) is 83.7 cm³/mol. The summed E-state index contributed by atoms with van der Waals surface area (Å²) in [6.45, 7) is 6.92. The van der Waals surface area contributed by atoms with Gasteiger partial charge in [-0.1, -0.05) is 20.8 Å². The van der Waals surface area contributed by atoms with E-state index in [4.69, 9.17) is 0 Å². The maximum Gasteiger partial charge on any atom is 0.227 e. The number of hydrogen-bond acceptors (Lipinski definition) is 3. The molecular formula is C17H27N3O2. The Morgan fingerprint density at radius 2 is 1.86 bits per heavy atom. The van der Waals surface area contributed by atoms with Crippen molar-refractivity contribution in [2.24, 2.45) is 11.3 Å². The zero-order chi connectivity index (χ0) is 16.4. The SMILES string of the molecule is CC(C)(C)C(=O)N1CCCC(C(=O)NC2(C#N)CCCC2)C1. The fraction of sp³-hybridized carbons (Fsp3) is 0.824. The zero-order valence-corrected chi connectivity index (χ0v) is 13.9. The van der Waals surface area contributed by atoms with Gasteiger partial charge in [0.05, 0.1) is 12.0 Å². The summed E-state index contributed by atoms with van der Waals surface area (Å²) in [5.41, 5.74) is -1.09. The van der Waals surface area contributed by atoms with Gasteiger partial charge < -0.3 is 10.2 Å². The average Bonchev–Trinajstić information content (AvgIpc) is 2.94. The van der Waals surface area contributed by atoms with Crippen LogP contribution in [0, 0.1) is 22.7 Å². The number of nitrogens with zero attached hydrogens (tertiary/aromatic N) is 2. The molecule has 1 saturated carbocycles. The van der Waals surface area contributed by atoms with Crippen molar-refractivity contribution < 1.29 is 9.59 Å². The number of piperidine rings is 1. The first-order chi connectivity index (χ1) is 10.3. The van der Waals surface area contributed by atoms with Gasteiger partial charge in [0.2, 0.25) is 11.8 Å². The maximum atomic E-state index is 12.5. The van der Waals surface area contributed by atoms with E-state index in [1.165, 1.54) is 0 Å². The van der Waals surface area contributed by atoms with Gasteiger partial charge in [-0.15, -0.1) is 0 Å². The van der Waals surface area contributed by atoms with Crippen molar-refractivity contribution in [2.45, 2.75) is 64.8 Å². The maximum absolute atomic E-state index is 12.5. The normalized spacial score (nSPS) is 24.6. The van der Waals surface area contributed by atoms with Crippen LogP contribution in [-0.4, -0.2) is 35.3 Å². The topological polar surface area (TPSA) is 73.2 Å². The molecule has 1 aliphatic carbocycles. The van der Waals surface area contributed by atoms with Crippen molar-refractivity contribution in [3.63, 3.8) is 0 Å². The number of carbonyl (C=O) groups is 2. The summed E-state index contributed by atoms with van der Waals surface area (Å²) in [6, 6.07) is 2.29. The Balaban J connectivity index is 1.99. The molecule has 5 heteroatoms. The molecule has 1 heterocycles. The third-order valence-corrected chi connectivity index (χ3v) is 4.75. The second-order valence-electron chi connectivity index (χ2n) is 7.73. The number of amides is 2. The number of carbonyl (C=O) groups excluding carboxylic acids is 2. The van der Waals surface area contributed by atoms with Gasteiger partial charge in [-0.25, -0.2) is 0 Å². The predicted octanol–water partition coefficient (Wildman–Crippen LogP) is 2.22. The number of likely N-dealkylation sites (tertiary alicyclic amines) is 1. The number of nitriles is 1. The Labute approximate surface area is 133 Å². The highest BCUT2D eigenvalue weighted by Gasteiger charge is 2.39. The third kappa shape index (κ3) is 3.60. The molecule has 22 heavy (non-hydrogen) atoms. The highest BCUT2D eigenvalue weighted by molar-refractivity contribution is 5.84. The fourth-order valence-electron chi connectivity index (χ4n) is 3.43. The van der Waals surface area contributed by atoms with E-state index >= 15 is 0 Å². The Bertz CT molecular complexity index is 481. The third-order valence-electron chi connectivity index (χ3n) is 4.75. The van der Waals surface area contributed by atoms with Gasteiger partial charge >= 0.3 is 0 Å². The molecular weight excluding hydrogens is 278 g/mol. The zero-order valence-electron chi connectivity index (χ0n) is 13.9. The molecule has 2 aliphatic rings. The summed E-state index contributed by atoms with van der Waals surface area (Å²) in [7, 11) is 0. The van der Waals surface area contributed by atoms with Crippen molar-refractivity contribution >= 4 is 11.8 Å². The van der Waals surface area contributed by atoms with E-state index in [1.807, 2.05) is 20.8 Å². The van der Waals surface area contributed by atoms with Crippen LogP contribution in [0.4, 0.5) is 0 Å². The van der Waals surface area contributed by atoms with Gasteiger partial charge in [-0.3, -0.25) is 9.59 Å². The Morgan fingerprint density at radius 3 is 2.41 bits per heavy atom. The highest BCUT2D eigenvalue weighted by Crippen LogP contribution is 2.30. The lowest BCUT2D eigenvalue weighted by molar-refractivity contribution is -0.143. The molecule has 1 saturated heterocycles. The lowest BCUT2D eigenvalue weighted by Crippen LogP contribution is -2.53. The van der Waals surface area contributed by atoms with Crippen LogP contribution in [0.5, 0.6) is 0 Å². The first-order valence-corrected chi connectivity index (χ1v) is 8.30. The van der Waals surface area contributed by atoms with Gasteiger partial charge in [0, 0.05) is 18.5 Å². The molecule has 0 aromatic heterocycles. The second kappa shape index (κ2) is 6.28. The molecule has 0 bridgehead atoms. The minimum absolute atomic E-state index is 0.0603. The Morgan fingerprint density at radius 1 is 1.23 bits per heavy atom. The minimum Gasteiger partial charge on any atom is -0.341 e. The molecule has 2 rings (SSSR count). The standard InChI is InChI=1S/C17H27N3O2/c1-16(2,3)15(22)20-10-6-7-13(11-20)14(21)19-17(12-18)8-4-5-9-17/h13H,4-11H2,1-3H3,(H,19,21). The van der Waals surface area contributed by atoms with Gasteiger partial charge in [-0.2, -0.15) is 5.26 Å². The van der Waals surface area contributed by atoms with Crippen LogP contribution in [0.3, 0.4) is 0 Å². The first kappa shape index (κ1) is 16.8. The molecule has 1 atom stereocenters. The summed E-state index contributed by atoms with van der Waals surface area (Å²) >= 11 is 0. The first-order valence-electron chi connectivity index (χ1n) is 8.30. The van der Waals surface area contributed by atoms with Crippen molar-refractivity contribution in [2.75, 3.05) is 13.1 Å². The number of hydrogen-bond donors (Lipinski definition) is 1. The summed E-state index contributed by atoms with van der Waals surface area (Å²) in [5, 5.41) is 12.4. The van der Waals surface area contributed by atoms with E-state index in [0.717, 1.165) is 45.1 Å². The summed E-state index contributed by atoms with van der Waals surface area (Å²) in [5.74, 6) is -0.151. The van der Waals surface area contributed by atoms with E-state index in [2.05, 4.69) is 11.4 Å². The highest BCUT2D eigenvalue weighted by atomic mass is 16.2.